The molecule has 4 aromatic rings. The average Bonchev–Trinajstić information content (AvgIpc) is 3.46. The summed E-state index contributed by atoms with van der Waals surface area (Å²) in [6, 6.07) is 23.1. The highest BCUT2D eigenvalue weighted by molar-refractivity contribution is 7.80. The lowest BCUT2D eigenvalue weighted by Gasteiger charge is -2.26. The molecule has 0 bridgehead atoms. The van der Waals surface area contributed by atoms with Crippen LogP contribution in [0.3, 0.4) is 0 Å². The number of ether oxygens (including phenoxy) is 1. The van der Waals surface area contributed by atoms with E-state index in [9.17, 15) is 0 Å². The zero-order chi connectivity index (χ0) is 22.9. The molecule has 2 aromatic heterocycles. The predicted molar refractivity (Wildman–Crippen MR) is 135 cm³/mol. The summed E-state index contributed by atoms with van der Waals surface area (Å²) in [7, 11) is 1.65. The molecule has 33 heavy (non-hydrogen) atoms. The molecule has 1 saturated heterocycles. The molecule has 0 saturated carbocycles. The molecule has 2 atom stereocenters. The number of methoxy groups -OCH3 is 1. The third kappa shape index (κ3) is 4.08. The molecule has 1 aliphatic rings. The van der Waals surface area contributed by atoms with E-state index in [1.165, 1.54) is 0 Å². The van der Waals surface area contributed by atoms with Crippen LogP contribution < -0.4 is 15.0 Å². The molecule has 7 heteroatoms. The molecule has 166 valence electrons. The third-order valence-electron chi connectivity index (χ3n) is 5.83. The highest BCUT2D eigenvalue weighted by Crippen LogP contribution is 2.43. The molecule has 1 fully saturated rings. The first-order valence-electron chi connectivity index (χ1n) is 10.6. The fraction of sp³-hybridized carbons (Fsp3) is 0.154. The Morgan fingerprint density at radius 1 is 1.06 bits per heavy atom. The highest BCUT2D eigenvalue weighted by Gasteiger charge is 2.42. The summed E-state index contributed by atoms with van der Waals surface area (Å²) in [4.78, 5) is 6.66. The Bertz CT molecular complexity index is 1290. The van der Waals surface area contributed by atoms with Gasteiger partial charge in [0.15, 0.2) is 5.11 Å². The van der Waals surface area contributed by atoms with E-state index in [0.717, 1.165) is 39.8 Å². The van der Waals surface area contributed by atoms with Crippen molar-refractivity contribution in [3.05, 3.63) is 101 Å². The molecule has 0 spiro atoms. The van der Waals surface area contributed by atoms with Gasteiger partial charge in [-0.25, -0.2) is 0 Å². The van der Waals surface area contributed by atoms with Gasteiger partial charge >= 0.3 is 0 Å². The van der Waals surface area contributed by atoms with E-state index in [1.54, 1.807) is 13.3 Å². The number of rotatable bonds is 5. The number of nitrogens with zero attached hydrogens (tertiary/aromatic N) is 2. The number of pyridine rings is 1. The summed E-state index contributed by atoms with van der Waals surface area (Å²) in [6.45, 7) is 2.04. The summed E-state index contributed by atoms with van der Waals surface area (Å²) in [5.41, 5.74) is 3.88. The van der Waals surface area contributed by atoms with Gasteiger partial charge in [-0.1, -0.05) is 23.7 Å². The Labute approximate surface area is 203 Å². The smallest absolute Gasteiger partial charge is 0.174 e. The Morgan fingerprint density at radius 3 is 2.61 bits per heavy atom. The quantitative estimate of drug-likeness (QED) is 0.333. The van der Waals surface area contributed by atoms with Crippen LogP contribution >= 0.6 is 23.8 Å². The van der Waals surface area contributed by atoms with Crippen molar-refractivity contribution in [3.8, 4) is 17.1 Å². The van der Waals surface area contributed by atoms with Crippen LogP contribution in [0.1, 0.15) is 29.1 Å². The third-order valence-corrected chi connectivity index (χ3v) is 6.38. The second-order valence-corrected chi connectivity index (χ2v) is 8.68. The number of aryl methyl sites for hydroxylation is 1. The van der Waals surface area contributed by atoms with Gasteiger partial charge in [0.2, 0.25) is 0 Å². The number of anilines is 1. The number of benzene rings is 2. The molecule has 0 radical (unpaired) electrons. The van der Waals surface area contributed by atoms with Crippen molar-refractivity contribution >= 4 is 34.6 Å². The van der Waals surface area contributed by atoms with Gasteiger partial charge in [0.05, 0.1) is 18.8 Å². The number of thiocarbonyl (C=S) groups is 1. The molecule has 0 amide bonds. The van der Waals surface area contributed by atoms with Gasteiger partial charge in [-0.2, -0.15) is 0 Å². The van der Waals surface area contributed by atoms with Crippen LogP contribution in [-0.4, -0.2) is 17.2 Å². The van der Waals surface area contributed by atoms with E-state index in [1.807, 2.05) is 79.7 Å². The van der Waals surface area contributed by atoms with Gasteiger partial charge in [0, 0.05) is 22.5 Å². The first-order valence-corrected chi connectivity index (χ1v) is 11.3. The van der Waals surface area contributed by atoms with Gasteiger partial charge < -0.3 is 19.4 Å². The van der Waals surface area contributed by atoms with Crippen LogP contribution in [-0.2, 0) is 0 Å². The van der Waals surface area contributed by atoms with E-state index in [0.29, 0.717) is 10.1 Å². The molecule has 0 aliphatic carbocycles. The van der Waals surface area contributed by atoms with Crippen molar-refractivity contribution in [1.29, 1.82) is 0 Å². The maximum atomic E-state index is 6.43. The minimum atomic E-state index is -0.228. The largest absolute Gasteiger partial charge is 0.497 e. The highest BCUT2D eigenvalue weighted by atomic mass is 35.5. The molecule has 3 heterocycles. The zero-order valence-electron chi connectivity index (χ0n) is 18.2. The lowest BCUT2D eigenvalue weighted by atomic mass is 10.0. The number of halogens is 1. The number of furan rings is 1. The molecule has 1 N–H and O–H groups in total. The summed E-state index contributed by atoms with van der Waals surface area (Å²) in [5.74, 6) is 2.33. The second-order valence-electron chi connectivity index (χ2n) is 7.86. The van der Waals surface area contributed by atoms with Crippen molar-refractivity contribution in [2.45, 2.75) is 19.0 Å². The van der Waals surface area contributed by atoms with E-state index in [-0.39, 0.29) is 12.1 Å². The molecule has 5 rings (SSSR count). The molecule has 2 aromatic carbocycles. The van der Waals surface area contributed by atoms with Crippen molar-refractivity contribution in [2.24, 2.45) is 0 Å². The van der Waals surface area contributed by atoms with Gasteiger partial charge in [-0.05, 0) is 85.4 Å². The van der Waals surface area contributed by atoms with Crippen LogP contribution in [0.4, 0.5) is 5.69 Å². The SMILES string of the molecule is COc1ccc(N2C(=S)N[C@@H](c3ccccn3)[C@H]2c2ccc(-c3cc(Cl)ccc3C)o2)cc1. The van der Waals surface area contributed by atoms with Crippen LogP contribution in [0.5, 0.6) is 5.75 Å². The zero-order valence-corrected chi connectivity index (χ0v) is 19.7. The summed E-state index contributed by atoms with van der Waals surface area (Å²) in [5, 5.41) is 4.73. The second kappa shape index (κ2) is 8.89. The van der Waals surface area contributed by atoms with Crippen LogP contribution in [0, 0.1) is 6.92 Å². The van der Waals surface area contributed by atoms with Crippen LogP contribution in [0.15, 0.2) is 83.4 Å². The summed E-state index contributed by atoms with van der Waals surface area (Å²) in [6.07, 6.45) is 1.79. The molecular formula is C26H22ClN3O2S. The van der Waals surface area contributed by atoms with Crippen LogP contribution in [0.2, 0.25) is 5.02 Å². The van der Waals surface area contributed by atoms with Crippen molar-refractivity contribution < 1.29 is 9.15 Å². The van der Waals surface area contributed by atoms with E-state index in [4.69, 9.17) is 33.0 Å². The van der Waals surface area contributed by atoms with Gasteiger partial charge in [-0.15, -0.1) is 0 Å². The lowest BCUT2D eigenvalue weighted by molar-refractivity contribution is 0.414. The predicted octanol–water partition coefficient (Wildman–Crippen LogP) is 6.49. The average molecular weight is 476 g/mol. The molecule has 5 nitrogen and oxygen atoms in total. The Hall–Kier alpha value is -3.35. The maximum Gasteiger partial charge on any atom is 0.174 e. The van der Waals surface area contributed by atoms with Gasteiger partial charge in [-0.3, -0.25) is 4.98 Å². The fourth-order valence-electron chi connectivity index (χ4n) is 4.18. The lowest BCUT2D eigenvalue weighted by Crippen LogP contribution is -2.29. The number of aromatic nitrogens is 1. The Balaban J connectivity index is 1.60. The van der Waals surface area contributed by atoms with Crippen molar-refractivity contribution in [3.63, 3.8) is 0 Å². The Morgan fingerprint density at radius 2 is 1.88 bits per heavy atom. The minimum absolute atomic E-state index is 0.180. The van der Waals surface area contributed by atoms with E-state index >= 15 is 0 Å². The first kappa shape index (κ1) is 21.5. The monoisotopic (exact) mass is 475 g/mol. The maximum absolute atomic E-state index is 6.43. The van der Waals surface area contributed by atoms with Crippen LogP contribution in [0.25, 0.3) is 11.3 Å². The van der Waals surface area contributed by atoms with Gasteiger partial charge in [0.25, 0.3) is 0 Å². The normalized spacial score (nSPS) is 17.8. The standard InChI is InChI=1S/C26H22ClN3O2S/c1-16-6-7-17(27)15-20(16)22-12-13-23(32-22)25-24(21-5-3-4-14-28-21)29-26(33)30(25)18-8-10-19(31-2)11-9-18/h3-15,24-25H,1-2H3,(H,29,33)/t24-,25+/m0/s1. The minimum Gasteiger partial charge on any atom is -0.497 e. The molecular weight excluding hydrogens is 454 g/mol. The fourth-order valence-corrected chi connectivity index (χ4v) is 4.70. The summed E-state index contributed by atoms with van der Waals surface area (Å²) < 4.78 is 11.8. The summed E-state index contributed by atoms with van der Waals surface area (Å²) >= 11 is 12.0. The first-order chi connectivity index (χ1) is 16.0. The molecule has 0 unspecified atom stereocenters. The van der Waals surface area contributed by atoms with E-state index < -0.39 is 0 Å². The molecule has 1 aliphatic heterocycles. The number of hydrogen-bond donors (Lipinski definition) is 1. The van der Waals surface area contributed by atoms with E-state index in [2.05, 4.69) is 15.2 Å². The number of hydrogen-bond acceptors (Lipinski definition) is 4. The van der Waals surface area contributed by atoms with Gasteiger partial charge in [0.1, 0.15) is 23.3 Å². The topological polar surface area (TPSA) is 50.5 Å². The van der Waals surface area contributed by atoms with Crippen molar-refractivity contribution in [2.75, 3.05) is 12.0 Å². The Kier molecular flexibility index (Phi) is 5.79. The number of nitrogens with one attached hydrogen (secondary N) is 1. The van der Waals surface area contributed by atoms with Crippen molar-refractivity contribution in [1.82, 2.24) is 10.3 Å².